The summed E-state index contributed by atoms with van der Waals surface area (Å²) in [6.45, 7) is 1.58. The van der Waals surface area contributed by atoms with E-state index in [1.807, 2.05) is 18.2 Å². The first-order valence-electron chi connectivity index (χ1n) is 12.0. The number of hydrogen-bond acceptors (Lipinski definition) is 7. The first-order valence-corrected chi connectivity index (χ1v) is 12.8. The van der Waals surface area contributed by atoms with Gasteiger partial charge in [0.2, 0.25) is 0 Å². The van der Waals surface area contributed by atoms with Crippen LogP contribution in [0.15, 0.2) is 84.8 Å². The van der Waals surface area contributed by atoms with E-state index < -0.39 is 0 Å². The molecule has 5 aromatic rings. The standard InChI is InChI=1S/C28H24N6OS/c35-27(21-9-5-13-30-17-21)31-22-10-14-34(15-11-22)26-24-23(19-6-2-1-3-7-19)18-36-28(24)33-25(32-26)20-8-4-12-29-16-20/h1-9,12-13,16-18,22H,10-11,14-15H2,(H,31,35). The number of thiophene rings is 1. The lowest BCUT2D eigenvalue weighted by atomic mass is 10.0. The maximum Gasteiger partial charge on any atom is 0.253 e. The summed E-state index contributed by atoms with van der Waals surface area (Å²) in [5, 5.41) is 6.42. The Hall–Kier alpha value is -4.17. The van der Waals surface area contributed by atoms with Crippen LogP contribution in [-0.4, -0.2) is 45.0 Å². The zero-order valence-corrected chi connectivity index (χ0v) is 20.4. The van der Waals surface area contributed by atoms with Crippen LogP contribution in [0.5, 0.6) is 0 Å². The van der Waals surface area contributed by atoms with Gasteiger partial charge in [-0.2, -0.15) is 0 Å². The lowest BCUT2D eigenvalue weighted by molar-refractivity contribution is 0.0930. The van der Waals surface area contributed by atoms with Crippen LogP contribution in [0.25, 0.3) is 32.7 Å². The van der Waals surface area contributed by atoms with E-state index in [0.717, 1.165) is 58.7 Å². The number of nitrogens with zero attached hydrogens (tertiary/aromatic N) is 5. The number of amides is 1. The molecule has 0 bridgehead atoms. The highest BCUT2D eigenvalue weighted by Gasteiger charge is 2.26. The maximum atomic E-state index is 12.6. The van der Waals surface area contributed by atoms with E-state index in [9.17, 15) is 4.79 Å². The number of fused-ring (bicyclic) bond motifs is 1. The minimum absolute atomic E-state index is 0.0750. The summed E-state index contributed by atoms with van der Waals surface area (Å²) in [6.07, 6.45) is 8.51. The Labute approximate surface area is 212 Å². The number of aromatic nitrogens is 4. The van der Waals surface area contributed by atoms with Crippen LogP contribution in [0.4, 0.5) is 5.82 Å². The normalized spacial score (nSPS) is 14.2. The van der Waals surface area contributed by atoms with Crippen LogP contribution in [-0.2, 0) is 0 Å². The molecule has 0 aliphatic carbocycles. The van der Waals surface area contributed by atoms with Gasteiger partial charge in [-0.15, -0.1) is 11.3 Å². The van der Waals surface area contributed by atoms with Gasteiger partial charge in [-0.25, -0.2) is 9.97 Å². The number of pyridine rings is 2. The Balaban J connectivity index is 1.32. The molecule has 1 aliphatic heterocycles. The van der Waals surface area contributed by atoms with Crippen LogP contribution >= 0.6 is 11.3 Å². The van der Waals surface area contributed by atoms with Gasteiger partial charge < -0.3 is 10.2 Å². The third-order valence-corrected chi connectivity index (χ3v) is 7.34. The van der Waals surface area contributed by atoms with Crippen molar-refractivity contribution in [1.82, 2.24) is 25.3 Å². The van der Waals surface area contributed by atoms with Gasteiger partial charge in [0, 0.05) is 60.4 Å². The maximum absolute atomic E-state index is 12.6. The Morgan fingerprint density at radius 2 is 1.64 bits per heavy atom. The molecule has 6 rings (SSSR count). The van der Waals surface area contributed by atoms with Crippen molar-refractivity contribution in [3.63, 3.8) is 0 Å². The van der Waals surface area contributed by atoms with Gasteiger partial charge >= 0.3 is 0 Å². The molecule has 0 atom stereocenters. The minimum Gasteiger partial charge on any atom is -0.356 e. The Morgan fingerprint density at radius 3 is 2.36 bits per heavy atom. The second-order valence-electron chi connectivity index (χ2n) is 8.78. The zero-order valence-electron chi connectivity index (χ0n) is 19.5. The molecule has 0 radical (unpaired) electrons. The second-order valence-corrected chi connectivity index (χ2v) is 9.64. The van der Waals surface area contributed by atoms with Crippen molar-refractivity contribution < 1.29 is 4.79 Å². The highest BCUT2D eigenvalue weighted by Crippen LogP contribution is 2.40. The number of nitrogens with one attached hydrogen (secondary N) is 1. The molecule has 36 heavy (non-hydrogen) atoms. The summed E-state index contributed by atoms with van der Waals surface area (Å²) in [6, 6.07) is 18.0. The zero-order chi connectivity index (χ0) is 24.3. The molecule has 8 heteroatoms. The molecule has 178 valence electrons. The topological polar surface area (TPSA) is 83.9 Å². The molecule has 4 aromatic heterocycles. The largest absolute Gasteiger partial charge is 0.356 e. The summed E-state index contributed by atoms with van der Waals surface area (Å²) >= 11 is 1.64. The van der Waals surface area contributed by atoms with Gasteiger partial charge in [0.05, 0.1) is 10.9 Å². The number of carbonyl (C=O) groups is 1. The van der Waals surface area contributed by atoms with E-state index in [4.69, 9.17) is 9.97 Å². The van der Waals surface area contributed by atoms with Crippen molar-refractivity contribution >= 4 is 33.3 Å². The highest BCUT2D eigenvalue weighted by molar-refractivity contribution is 7.17. The number of benzene rings is 1. The predicted octanol–water partition coefficient (Wildman–Crippen LogP) is 5.21. The van der Waals surface area contributed by atoms with Crippen molar-refractivity contribution in [1.29, 1.82) is 0 Å². The lowest BCUT2D eigenvalue weighted by Gasteiger charge is -2.33. The summed E-state index contributed by atoms with van der Waals surface area (Å²) in [7, 11) is 0. The second kappa shape index (κ2) is 9.83. The molecule has 0 unspecified atom stereocenters. The summed E-state index contributed by atoms with van der Waals surface area (Å²) < 4.78 is 0. The van der Waals surface area contributed by atoms with Crippen molar-refractivity contribution in [2.75, 3.05) is 18.0 Å². The van der Waals surface area contributed by atoms with E-state index in [2.05, 4.69) is 49.8 Å². The summed E-state index contributed by atoms with van der Waals surface area (Å²) in [5.41, 5.74) is 3.79. The van der Waals surface area contributed by atoms with Gasteiger partial charge in [0.15, 0.2) is 5.82 Å². The van der Waals surface area contributed by atoms with Crippen molar-refractivity contribution in [3.05, 3.63) is 90.3 Å². The van der Waals surface area contributed by atoms with Crippen molar-refractivity contribution in [3.8, 4) is 22.5 Å². The quantitative estimate of drug-likeness (QED) is 0.362. The number of piperidine rings is 1. The number of carbonyl (C=O) groups excluding carboxylic acids is 1. The fourth-order valence-corrected chi connectivity index (χ4v) is 5.55. The molecule has 1 saturated heterocycles. The Morgan fingerprint density at radius 1 is 0.889 bits per heavy atom. The average molecular weight is 493 g/mol. The smallest absolute Gasteiger partial charge is 0.253 e. The van der Waals surface area contributed by atoms with Gasteiger partial charge in [0.25, 0.3) is 5.91 Å². The third kappa shape index (κ3) is 4.43. The van der Waals surface area contributed by atoms with Gasteiger partial charge in [0.1, 0.15) is 10.6 Å². The fourth-order valence-electron chi connectivity index (χ4n) is 4.61. The first kappa shape index (κ1) is 22.3. The molecule has 7 nitrogen and oxygen atoms in total. The van der Waals surface area contributed by atoms with Crippen molar-refractivity contribution in [2.45, 2.75) is 18.9 Å². The molecule has 1 aliphatic rings. The lowest BCUT2D eigenvalue weighted by Crippen LogP contribution is -2.45. The molecule has 0 saturated carbocycles. The molecule has 0 spiro atoms. The summed E-state index contributed by atoms with van der Waals surface area (Å²) in [4.78, 5) is 34.2. The monoisotopic (exact) mass is 492 g/mol. The average Bonchev–Trinajstić information content (AvgIpc) is 3.39. The summed E-state index contributed by atoms with van der Waals surface area (Å²) in [5.74, 6) is 1.55. The molecule has 1 amide bonds. The first-order chi connectivity index (χ1) is 17.8. The molecular weight excluding hydrogens is 468 g/mol. The highest BCUT2D eigenvalue weighted by atomic mass is 32.1. The molecule has 1 fully saturated rings. The minimum atomic E-state index is -0.0750. The number of anilines is 1. The van der Waals surface area contributed by atoms with Crippen LogP contribution in [0.2, 0.25) is 0 Å². The van der Waals surface area contributed by atoms with E-state index in [1.54, 1.807) is 48.3 Å². The van der Waals surface area contributed by atoms with E-state index in [-0.39, 0.29) is 11.9 Å². The molecule has 1 aromatic carbocycles. The third-order valence-electron chi connectivity index (χ3n) is 6.47. The fraction of sp³-hybridized carbons (Fsp3) is 0.179. The van der Waals surface area contributed by atoms with Gasteiger partial charge in [-0.05, 0) is 42.7 Å². The molecular formula is C28H24N6OS. The van der Waals surface area contributed by atoms with Gasteiger partial charge in [-0.1, -0.05) is 30.3 Å². The van der Waals surface area contributed by atoms with Gasteiger partial charge in [-0.3, -0.25) is 14.8 Å². The number of hydrogen-bond donors (Lipinski definition) is 1. The van der Waals surface area contributed by atoms with Crippen molar-refractivity contribution in [2.24, 2.45) is 0 Å². The van der Waals surface area contributed by atoms with Crippen LogP contribution < -0.4 is 10.2 Å². The van der Waals surface area contributed by atoms with E-state index in [0.29, 0.717) is 11.4 Å². The van der Waals surface area contributed by atoms with Crippen LogP contribution in [0.1, 0.15) is 23.2 Å². The molecule has 5 heterocycles. The Kier molecular flexibility index (Phi) is 6.09. The Bertz CT molecular complexity index is 1480. The van der Waals surface area contributed by atoms with Crippen LogP contribution in [0.3, 0.4) is 0 Å². The SMILES string of the molecule is O=C(NC1CCN(c2nc(-c3cccnc3)nc3scc(-c4ccccc4)c23)CC1)c1cccnc1. The number of rotatable bonds is 5. The van der Waals surface area contributed by atoms with E-state index >= 15 is 0 Å². The molecule has 1 N–H and O–H groups in total. The van der Waals surface area contributed by atoms with Crippen LogP contribution in [0, 0.1) is 0 Å². The predicted molar refractivity (Wildman–Crippen MR) is 143 cm³/mol. The van der Waals surface area contributed by atoms with E-state index in [1.165, 1.54) is 0 Å².